The van der Waals surface area contributed by atoms with Gasteiger partial charge in [0, 0.05) is 6.42 Å². The van der Waals surface area contributed by atoms with Crippen molar-refractivity contribution < 1.29 is 15.0 Å². The molecule has 0 rings (SSSR count). The quantitative estimate of drug-likeness (QED) is 0.0541. The Balaban J connectivity index is 3.41. The van der Waals surface area contributed by atoms with Gasteiger partial charge in [0.1, 0.15) is 0 Å². The van der Waals surface area contributed by atoms with Gasteiger partial charge < -0.3 is 15.5 Å². The van der Waals surface area contributed by atoms with Crippen molar-refractivity contribution in [3.05, 3.63) is 0 Å². The number of nitrogens with one attached hydrogen (secondary N) is 1. The summed E-state index contributed by atoms with van der Waals surface area (Å²) in [5.74, 6) is -0.0235. The van der Waals surface area contributed by atoms with Crippen LogP contribution in [-0.2, 0) is 4.79 Å². The lowest BCUT2D eigenvalue weighted by Crippen LogP contribution is -2.45. The minimum absolute atomic E-state index is 0.0235. The van der Waals surface area contributed by atoms with Crippen LogP contribution in [0.3, 0.4) is 0 Å². The molecule has 54 heavy (non-hydrogen) atoms. The van der Waals surface area contributed by atoms with E-state index >= 15 is 0 Å². The Labute approximate surface area is 340 Å². The van der Waals surface area contributed by atoms with Crippen LogP contribution in [0, 0.1) is 0 Å². The smallest absolute Gasteiger partial charge is 0.220 e. The van der Waals surface area contributed by atoms with Crippen molar-refractivity contribution in [2.45, 2.75) is 309 Å². The fraction of sp³-hybridized carbons (Fsp3) is 0.980. The van der Waals surface area contributed by atoms with Crippen molar-refractivity contribution >= 4 is 5.91 Å². The van der Waals surface area contributed by atoms with E-state index in [1.54, 1.807) is 0 Å². The SMILES string of the molecule is CCCCCCCCCCCCCCCCCCCCCCCCCCCC(=O)N[C@@H](CO)[C@H](O)CCCCCCCCCCCCCCCCCCC. The lowest BCUT2D eigenvalue weighted by molar-refractivity contribution is -0.123. The highest BCUT2D eigenvalue weighted by Crippen LogP contribution is 2.18. The standard InChI is InChI=1S/C50H101NO3/c1-3-5-7-9-11-13-15-17-19-21-22-23-24-25-26-27-28-30-32-34-36-38-40-42-44-46-50(54)51-48(47-52)49(53)45-43-41-39-37-35-33-31-29-20-18-16-14-12-10-8-6-4-2/h48-49,52-53H,3-47H2,1-2H3,(H,51,54)/t48-,49+/m0/s1. The Morgan fingerprint density at radius 1 is 0.370 bits per heavy atom. The lowest BCUT2D eigenvalue weighted by atomic mass is 10.0. The first-order chi connectivity index (χ1) is 26.7. The number of rotatable bonds is 47. The van der Waals surface area contributed by atoms with E-state index in [1.165, 1.54) is 244 Å². The molecule has 0 aliphatic rings. The molecule has 324 valence electrons. The fourth-order valence-electron chi connectivity index (χ4n) is 8.25. The van der Waals surface area contributed by atoms with E-state index in [9.17, 15) is 15.0 Å². The van der Waals surface area contributed by atoms with Crippen LogP contribution in [0.2, 0.25) is 0 Å². The molecule has 4 nitrogen and oxygen atoms in total. The molecule has 3 N–H and O–H groups in total. The van der Waals surface area contributed by atoms with Gasteiger partial charge >= 0.3 is 0 Å². The number of hydrogen-bond donors (Lipinski definition) is 3. The van der Waals surface area contributed by atoms with Gasteiger partial charge in [-0.25, -0.2) is 0 Å². The first-order valence-electron chi connectivity index (χ1n) is 25.2. The van der Waals surface area contributed by atoms with Crippen molar-refractivity contribution in [2.75, 3.05) is 6.61 Å². The van der Waals surface area contributed by atoms with E-state index in [0.717, 1.165) is 25.7 Å². The lowest BCUT2D eigenvalue weighted by Gasteiger charge is -2.22. The van der Waals surface area contributed by atoms with E-state index in [1.807, 2.05) is 0 Å². The number of unbranched alkanes of at least 4 members (excludes halogenated alkanes) is 40. The molecule has 0 aromatic rings. The average molecular weight is 764 g/mol. The van der Waals surface area contributed by atoms with Crippen LogP contribution in [0.4, 0.5) is 0 Å². The third-order valence-electron chi connectivity index (χ3n) is 12.1. The van der Waals surface area contributed by atoms with Gasteiger partial charge in [-0.1, -0.05) is 277 Å². The summed E-state index contributed by atoms with van der Waals surface area (Å²) in [5, 5.41) is 23.3. The monoisotopic (exact) mass is 764 g/mol. The molecule has 1 amide bonds. The summed E-state index contributed by atoms with van der Waals surface area (Å²) < 4.78 is 0. The van der Waals surface area contributed by atoms with Crippen molar-refractivity contribution in [2.24, 2.45) is 0 Å². The molecule has 4 heteroatoms. The van der Waals surface area contributed by atoms with E-state index in [4.69, 9.17) is 0 Å². The van der Waals surface area contributed by atoms with Crippen LogP contribution in [0.25, 0.3) is 0 Å². The molecule has 0 aliphatic carbocycles. The molecule has 0 saturated heterocycles. The molecule has 0 saturated carbocycles. The minimum Gasteiger partial charge on any atom is -0.394 e. The highest BCUT2D eigenvalue weighted by atomic mass is 16.3. The predicted octanol–water partition coefficient (Wildman–Crippen LogP) is 16.0. The Bertz CT molecular complexity index is 699. The summed E-state index contributed by atoms with van der Waals surface area (Å²) in [6.07, 6.45) is 57.8. The zero-order valence-corrected chi connectivity index (χ0v) is 37.3. The number of aliphatic hydroxyl groups is 2. The largest absolute Gasteiger partial charge is 0.394 e. The predicted molar refractivity (Wildman–Crippen MR) is 240 cm³/mol. The molecule has 0 unspecified atom stereocenters. The molecular weight excluding hydrogens is 663 g/mol. The summed E-state index contributed by atoms with van der Waals surface area (Å²) in [6, 6.07) is -0.530. The Kier molecular flexibility index (Phi) is 46.2. The maximum absolute atomic E-state index is 12.4. The Morgan fingerprint density at radius 3 is 0.833 bits per heavy atom. The molecule has 0 heterocycles. The van der Waals surface area contributed by atoms with Gasteiger partial charge in [0.25, 0.3) is 0 Å². The zero-order chi connectivity index (χ0) is 39.3. The number of amides is 1. The number of carbonyl (C=O) groups is 1. The molecular formula is C50H101NO3. The molecule has 0 aromatic heterocycles. The Morgan fingerprint density at radius 2 is 0.593 bits per heavy atom. The van der Waals surface area contributed by atoms with Crippen LogP contribution < -0.4 is 5.32 Å². The van der Waals surface area contributed by atoms with Gasteiger partial charge in [0.05, 0.1) is 18.8 Å². The zero-order valence-electron chi connectivity index (χ0n) is 37.3. The van der Waals surface area contributed by atoms with Gasteiger partial charge in [-0.2, -0.15) is 0 Å². The summed E-state index contributed by atoms with van der Waals surface area (Å²) in [5.41, 5.74) is 0. The van der Waals surface area contributed by atoms with Crippen molar-refractivity contribution in [1.29, 1.82) is 0 Å². The highest BCUT2D eigenvalue weighted by molar-refractivity contribution is 5.76. The van der Waals surface area contributed by atoms with Crippen molar-refractivity contribution in [3.63, 3.8) is 0 Å². The maximum atomic E-state index is 12.4. The highest BCUT2D eigenvalue weighted by Gasteiger charge is 2.20. The molecule has 0 radical (unpaired) electrons. The first-order valence-corrected chi connectivity index (χ1v) is 25.2. The van der Waals surface area contributed by atoms with Gasteiger partial charge in [0.15, 0.2) is 0 Å². The van der Waals surface area contributed by atoms with Crippen LogP contribution in [-0.4, -0.2) is 34.9 Å². The molecule has 0 bridgehead atoms. The van der Waals surface area contributed by atoms with Crippen molar-refractivity contribution in [1.82, 2.24) is 5.32 Å². The first kappa shape index (κ1) is 53.4. The average Bonchev–Trinajstić information content (AvgIpc) is 3.18. The second-order valence-corrected chi connectivity index (χ2v) is 17.6. The molecule has 2 atom stereocenters. The van der Waals surface area contributed by atoms with Crippen LogP contribution >= 0.6 is 0 Å². The maximum Gasteiger partial charge on any atom is 0.220 e. The molecule has 0 fully saturated rings. The van der Waals surface area contributed by atoms with E-state index < -0.39 is 12.1 Å². The summed E-state index contributed by atoms with van der Waals surface area (Å²) in [4.78, 5) is 12.4. The van der Waals surface area contributed by atoms with Crippen LogP contribution in [0.5, 0.6) is 0 Å². The second kappa shape index (κ2) is 46.8. The molecule has 0 aromatic carbocycles. The number of hydrogen-bond acceptors (Lipinski definition) is 3. The van der Waals surface area contributed by atoms with Gasteiger partial charge in [-0.05, 0) is 12.8 Å². The topological polar surface area (TPSA) is 69.6 Å². The van der Waals surface area contributed by atoms with Crippen molar-refractivity contribution in [3.8, 4) is 0 Å². The van der Waals surface area contributed by atoms with Crippen LogP contribution in [0.15, 0.2) is 0 Å². The molecule has 0 aliphatic heterocycles. The van der Waals surface area contributed by atoms with Gasteiger partial charge in [-0.3, -0.25) is 4.79 Å². The minimum atomic E-state index is -0.653. The summed E-state index contributed by atoms with van der Waals surface area (Å²) in [7, 11) is 0. The van der Waals surface area contributed by atoms with Gasteiger partial charge in [0.2, 0.25) is 5.91 Å². The number of aliphatic hydroxyl groups excluding tert-OH is 2. The van der Waals surface area contributed by atoms with E-state index in [2.05, 4.69) is 19.2 Å². The Hall–Kier alpha value is -0.610. The summed E-state index contributed by atoms with van der Waals surface area (Å²) in [6.45, 7) is 4.40. The fourth-order valence-corrected chi connectivity index (χ4v) is 8.25. The second-order valence-electron chi connectivity index (χ2n) is 17.6. The third kappa shape index (κ3) is 42.5. The summed E-state index contributed by atoms with van der Waals surface area (Å²) >= 11 is 0. The van der Waals surface area contributed by atoms with Crippen LogP contribution in [0.1, 0.15) is 296 Å². The third-order valence-corrected chi connectivity index (χ3v) is 12.1. The van der Waals surface area contributed by atoms with E-state index in [-0.39, 0.29) is 12.5 Å². The number of carbonyl (C=O) groups excluding carboxylic acids is 1. The van der Waals surface area contributed by atoms with Gasteiger partial charge in [-0.15, -0.1) is 0 Å². The normalized spacial score (nSPS) is 12.7. The molecule has 0 spiro atoms. The van der Waals surface area contributed by atoms with E-state index in [0.29, 0.717) is 12.8 Å².